The molecule has 0 aromatic heterocycles. The minimum absolute atomic E-state index is 0. The highest BCUT2D eigenvalue weighted by atomic mass is 35.5. The number of likely N-dealkylation sites (N-methyl/N-ethyl adjacent to an activating group) is 1. The first-order valence-corrected chi connectivity index (χ1v) is 7.50. The van der Waals surface area contributed by atoms with Crippen molar-refractivity contribution in [2.24, 2.45) is 5.92 Å². The quantitative estimate of drug-likeness (QED) is 0.773. The first-order valence-electron chi connectivity index (χ1n) is 7.50. The molecule has 7 heteroatoms. The zero-order valence-corrected chi connectivity index (χ0v) is 15.3. The molecule has 5 nitrogen and oxygen atoms in total. The van der Waals surface area contributed by atoms with Crippen molar-refractivity contribution in [3.8, 4) is 5.75 Å². The Morgan fingerprint density at radius 1 is 1.35 bits per heavy atom. The summed E-state index contributed by atoms with van der Waals surface area (Å²) in [6, 6.07) is 7.88. The molecular weight excluding hydrogens is 337 g/mol. The average molecular weight is 364 g/mol. The maximum absolute atomic E-state index is 12.0. The molecular formula is C16H27Cl2N3O2. The van der Waals surface area contributed by atoms with Crippen LogP contribution in [0.25, 0.3) is 0 Å². The Kier molecular flexibility index (Phi) is 11.0. The fraction of sp³-hybridized carbons (Fsp3) is 0.562. The van der Waals surface area contributed by atoms with Crippen molar-refractivity contribution < 1.29 is 9.53 Å². The van der Waals surface area contributed by atoms with E-state index in [0.717, 1.165) is 37.4 Å². The Hall–Kier alpha value is -1.01. The van der Waals surface area contributed by atoms with Crippen LogP contribution in [0.5, 0.6) is 5.75 Å². The highest BCUT2D eigenvalue weighted by molar-refractivity contribution is 5.85. The molecule has 1 heterocycles. The summed E-state index contributed by atoms with van der Waals surface area (Å²) in [6.45, 7) is 3.75. The molecule has 1 aromatic rings. The van der Waals surface area contributed by atoms with E-state index in [2.05, 4.69) is 15.5 Å². The number of nitrogens with zero attached hydrogens (tertiary/aromatic N) is 1. The van der Waals surface area contributed by atoms with Crippen molar-refractivity contribution in [1.82, 2.24) is 15.5 Å². The summed E-state index contributed by atoms with van der Waals surface area (Å²) in [5, 5.41) is 6.22. The molecule has 23 heavy (non-hydrogen) atoms. The van der Waals surface area contributed by atoms with Crippen molar-refractivity contribution in [1.29, 1.82) is 0 Å². The molecule has 1 saturated heterocycles. The third-order valence-electron chi connectivity index (χ3n) is 3.65. The van der Waals surface area contributed by atoms with Gasteiger partial charge >= 0.3 is 0 Å². The Balaban J connectivity index is 0.00000242. The van der Waals surface area contributed by atoms with Crippen molar-refractivity contribution in [3.63, 3.8) is 0 Å². The first-order chi connectivity index (χ1) is 10.2. The zero-order valence-electron chi connectivity index (χ0n) is 13.7. The van der Waals surface area contributed by atoms with Crippen molar-refractivity contribution in [3.05, 3.63) is 29.8 Å². The number of rotatable bonds is 7. The summed E-state index contributed by atoms with van der Waals surface area (Å²) in [5.74, 6) is 1.08. The van der Waals surface area contributed by atoms with Crippen LogP contribution < -0.4 is 15.4 Å². The lowest BCUT2D eigenvalue weighted by Gasteiger charge is -2.15. The van der Waals surface area contributed by atoms with Crippen LogP contribution in [0.4, 0.5) is 0 Å². The molecule has 2 rings (SSSR count). The molecule has 0 saturated carbocycles. The van der Waals surface area contributed by atoms with Gasteiger partial charge in [-0.25, -0.2) is 0 Å². The largest absolute Gasteiger partial charge is 0.492 e. The van der Waals surface area contributed by atoms with Gasteiger partial charge in [0.05, 0.1) is 5.92 Å². The molecule has 1 fully saturated rings. The standard InChI is InChI=1S/C16H25N3O2.2ClH/c1-19(2)9-10-21-15-6-4-3-5-13(15)12-18-16(20)14-7-8-17-11-14;;/h3-6,14,17H,7-12H2,1-2H3,(H,18,20);2*1H. The molecule has 0 spiro atoms. The smallest absolute Gasteiger partial charge is 0.224 e. The first kappa shape index (κ1) is 22.0. The molecule has 1 amide bonds. The highest BCUT2D eigenvalue weighted by Gasteiger charge is 2.22. The summed E-state index contributed by atoms with van der Waals surface area (Å²) < 4.78 is 5.80. The number of ether oxygens (including phenoxy) is 1. The van der Waals surface area contributed by atoms with Crippen LogP contribution in [-0.2, 0) is 11.3 Å². The van der Waals surface area contributed by atoms with E-state index < -0.39 is 0 Å². The van der Waals surface area contributed by atoms with Gasteiger partial charge in [-0.15, -0.1) is 24.8 Å². The summed E-state index contributed by atoms with van der Waals surface area (Å²) >= 11 is 0. The van der Waals surface area contributed by atoms with E-state index in [1.54, 1.807) is 0 Å². The van der Waals surface area contributed by atoms with E-state index in [-0.39, 0.29) is 36.6 Å². The molecule has 1 aliphatic heterocycles. The van der Waals surface area contributed by atoms with Crippen molar-refractivity contribution >= 4 is 30.7 Å². The SMILES string of the molecule is CN(C)CCOc1ccccc1CNC(=O)C1CCNC1.Cl.Cl. The van der Waals surface area contributed by atoms with Crippen LogP contribution in [-0.4, -0.2) is 51.1 Å². The lowest BCUT2D eigenvalue weighted by molar-refractivity contribution is -0.124. The molecule has 1 aliphatic rings. The Morgan fingerprint density at radius 3 is 2.74 bits per heavy atom. The molecule has 1 unspecified atom stereocenters. The summed E-state index contributed by atoms with van der Waals surface area (Å²) in [4.78, 5) is 14.1. The maximum Gasteiger partial charge on any atom is 0.224 e. The average Bonchev–Trinajstić information content (AvgIpc) is 3.00. The number of carbonyl (C=O) groups is 1. The zero-order chi connectivity index (χ0) is 15.1. The summed E-state index contributed by atoms with van der Waals surface area (Å²) in [5.41, 5.74) is 1.02. The van der Waals surface area contributed by atoms with Crippen LogP contribution in [0, 0.1) is 5.92 Å². The predicted octanol–water partition coefficient (Wildman–Crippen LogP) is 1.70. The second-order valence-electron chi connectivity index (χ2n) is 5.67. The minimum atomic E-state index is 0. The number of halogens is 2. The monoisotopic (exact) mass is 363 g/mol. The summed E-state index contributed by atoms with van der Waals surface area (Å²) in [6.07, 6.45) is 0.923. The number of carbonyl (C=O) groups excluding carboxylic acids is 1. The van der Waals surface area contributed by atoms with Gasteiger partial charge in [-0.1, -0.05) is 18.2 Å². The Bertz CT molecular complexity index is 466. The van der Waals surface area contributed by atoms with Gasteiger partial charge in [0.15, 0.2) is 0 Å². The number of nitrogens with one attached hydrogen (secondary N) is 2. The van der Waals surface area contributed by atoms with Crippen LogP contribution in [0.2, 0.25) is 0 Å². The lowest BCUT2D eigenvalue weighted by atomic mass is 10.1. The van der Waals surface area contributed by atoms with Gasteiger partial charge in [0.1, 0.15) is 12.4 Å². The van der Waals surface area contributed by atoms with E-state index in [1.165, 1.54) is 0 Å². The number of hydrogen-bond acceptors (Lipinski definition) is 4. The van der Waals surface area contributed by atoms with Gasteiger partial charge in [-0.2, -0.15) is 0 Å². The van der Waals surface area contributed by atoms with E-state index in [1.807, 2.05) is 38.4 Å². The fourth-order valence-electron chi connectivity index (χ4n) is 2.33. The molecule has 0 radical (unpaired) electrons. The summed E-state index contributed by atoms with van der Waals surface area (Å²) in [7, 11) is 4.04. The van der Waals surface area contributed by atoms with Crippen LogP contribution >= 0.6 is 24.8 Å². The Labute approximate surface area is 151 Å². The van der Waals surface area contributed by atoms with Crippen LogP contribution in [0.3, 0.4) is 0 Å². The van der Waals surface area contributed by atoms with Gasteiger partial charge in [0.2, 0.25) is 5.91 Å². The van der Waals surface area contributed by atoms with E-state index in [9.17, 15) is 4.79 Å². The van der Waals surface area contributed by atoms with Gasteiger partial charge in [0, 0.05) is 25.2 Å². The second kappa shape index (κ2) is 11.5. The molecule has 0 aliphatic carbocycles. The van der Waals surface area contributed by atoms with E-state index in [4.69, 9.17) is 4.74 Å². The van der Waals surface area contributed by atoms with E-state index in [0.29, 0.717) is 13.2 Å². The minimum Gasteiger partial charge on any atom is -0.492 e. The van der Waals surface area contributed by atoms with E-state index >= 15 is 0 Å². The predicted molar refractivity (Wildman–Crippen MR) is 97.8 cm³/mol. The second-order valence-corrected chi connectivity index (χ2v) is 5.67. The third-order valence-corrected chi connectivity index (χ3v) is 3.65. The number of amides is 1. The van der Waals surface area contributed by atoms with Crippen molar-refractivity contribution in [2.75, 3.05) is 40.3 Å². The van der Waals surface area contributed by atoms with Gasteiger partial charge < -0.3 is 20.3 Å². The molecule has 0 bridgehead atoms. The fourth-order valence-corrected chi connectivity index (χ4v) is 2.33. The lowest BCUT2D eigenvalue weighted by Crippen LogP contribution is -2.31. The normalized spacial score (nSPS) is 16.4. The van der Waals surface area contributed by atoms with Gasteiger partial charge in [-0.05, 0) is 33.1 Å². The van der Waals surface area contributed by atoms with Crippen LogP contribution in [0.1, 0.15) is 12.0 Å². The topological polar surface area (TPSA) is 53.6 Å². The molecule has 1 aromatic carbocycles. The number of benzene rings is 1. The maximum atomic E-state index is 12.0. The molecule has 132 valence electrons. The third kappa shape index (κ3) is 7.40. The van der Waals surface area contributed by atoms with Gasteiger partial charge in [0.25, 0.3) is 0 Å². The van der Waals surface area contributed by atoms with Crippen molar-refractivity contribution in [2.45, 2.75) is 13.0 Å². The van der Waals surface area contributed by atoms with Crippen LogP contribution in [0.15, 0.2) is 24.3 Å². The number of para-hydroxylation sites is 1. The number of hydrogen-bond donors (Lipinski definition) is 2. The van der Waals surface area contributed by atoms with Gasteiger partial charge in [-0.3, -0.25) is 4.79 Å². The molecule has 2 N–H and O–H groups in total. The molecule has 1 atom stereocenters. The Morgan fingerprint density at radius 2 is 2.09 bits per heavy atom. The highest BCUT2D eigenvalue weighted by Crippen LogP contribution is 2.18.